The van der Waals surface area contributed by atoms with E-state index < -0.39 is 0 Å². The van der Waals surface area contributed by atoms with Crippen molar-refractivity contribution in [1.82, 2.24) is 20.0 Å². The van der Waals surface area contributed by atoms with Crippen LogP contribution in [0.2, 0.25) is 0 Å². The minimum absolute atomic E-state index is 0.189. The van der Waals surface area contributed by atoms with Crippen molar-refractivity contribution in [3.05, 3.63) is 47.8 Å². The summed E-state index contributed by atoms with van der Waals surface area (Å²) in [6, 6.07) is 11.2. The van der Waals surface area contributed by atoms with Crippen LogP contribution >= 0.6 is 0 Å². The summed E-state index contributed by atoms with van der Waals surface area (Å²) in [6.07, 6.45) is 6.02. The number of amides is 2. The maximum Gasteiger partial charge on any atom is 0.320 e. The van der Waals surface area contributed by atoms with Gasteiger partial charge in [-0.15, -0.1) is 0 Å². The molecule has 7 heteroatoms. The van der Waals surface area contributed by atoms with E-state index in [2.05, 4.69) is 39.4 Å². The molecule has 4 saturated heterocycles. The second-order valence-corrected chi connectivity index (χ2v) is 9.28. The Morgan fingerprint density at radius 3 is 2.33 bits per heavy atom. The van der Waals surface area contributed by atoms with Gasteiger partial charge in [0.05, 0.1) is 12.2 Å². The highest BCUT2D eigenvalue weighted by Crippen LogP contribution is 2.33. The minimum atomic E-state index is 0.189. The SMILES string of the molecule is O=C(N1CC(c2ccc(N3C[C@H]4CC[C@@H](C3)O4)cc2)C1)N1CCC(c2ccn[nH]2)C1. The molecule has 1 N–H and O–H groups in total. The molecule has 30 heavy (non-hydrogen) atoms. The number of nitrogens with zero attached hydrogens (tertiary/aromatic N) is 4. The zero-order chi connectivity index (χ0) is 20.1. The van der Waals surface area contributed by atoms with E-state index in [0.29, 0.717) is 24.0 Å². The molecule has 1 aromatic carbocycles. The first-order valence-corrected chi connectivity index (χ1v) is 11.3. The van der Waals surface area contributed by atoms with Crippen LogP contribution in [0.5, 0.6) is 0 Å². The Kier molecular flexibility index (Phi) is 4.44. The highest BCUT2D eigenvalue weighted by atomic mass is 16.5. The summed E-state index contributed by atoms with van der Waals surface area (Å²) in [4.78, 5) is 19.3. The highest BCUT2D eigenvalue weighted by Gasteiger charge is 2.38. The molecular weight excluding hydrogens is 378 g/mol. The minimum Gasteiger partial charge on any atom is -0.371 e. The molecule has 4 aliphatic heterocycles. The van der Waals surface area contributed by atoms with Gasteiger partial charge in [-0.2, -0.15) is 5.10 Å². The van der Waals surface area contributed by atoms with E-state index in [1.54, 1.807) is 6.20 Å². The summed E-state index contributed by atoms with van der Waals surface area (Å²) in [5.74, 6) is 0.839. The predicted octanol–water partition coefficient (Wildman–Crippen LogP) is 2.79. The molecule has 5 heterocycles. The van der Waals surface area contributed by atoms with E-state index in [1.165, 1.54) is 24.1 Å². The average molecular weight is 408 g/mol. The molecule has 0 radical (unpaired) electrons. The Labute approximate surface area is 177 Å². The fourth-order valence-electron chi connectivity index (χ4n) is 5.51. The number of urea groups is 1. The molecule has 4 fully saturated rings. The Bertz CT molecular complexity index is 881. The van der Waals surface area contributed by atoms with Gasteiger partial charge < -0.3 is 19.4 Å². The Morgan fingerprint density at radius 1 is 0.900 bits per heavy atom. The Morgan fingerprint density at radius 2 is 1.63 bits per heavy atom. The number of anilines is 1. The summed E-state index contributed by atoms with van der Waals surface area (Å²) in [7, 11) is 0. The first-order valence-electron chi connectivity index (χ1n) is 11.3. The van der Waals surface area contributed by atoms with Crippen LogP contribution in [0.25, 0.3) is 0 Å². The van der Waals surface area contributed by atoms with Crippen LogP contribution in [-0.4, -0.2) is 77.5 Å². The average Bonchev–Trinajstić information content (AvgIpc) is 3.48. The van der Waals surface area contributed by atoms with Crippen molar-refractivity contribution >= 4 is 11.7 Å². The van der Waals surface area contributed by atoms with Gasteiger partial charge in [-0.1, -0.05) is 12.1 Å². The number of rotatable bonds is 3. The molecular formula is C23H29N5O2. The number of nitrogens with one attached hydrogen (secondary N) is 1. The lowest BCUT2D eigenvalue weighted by molar-refractivity contribution is 0.0305. The van der Waals surface area contributed by atoms with Crippen molar-refractivity contribution in [3.8, 4) is 0 Å². The standard InChI is InChI=1S/C23H29N5O2/c29-23(26-10-8-17(11-26)22-7-9-24-25-22)28-12-18(13-28)16-1-3-19(4-2-16)27-14-20-5-6-21(15-27)30-20/h1-4,7,9,17-18,20-21H,5-6,8,10-15H2,(H,24,25)/t17?,20-,21+. The van der Waals surface area contributed by atoms with Crippen molar-refractivity contribution in [1.29, 1.82) is 0 Å². The number of carbonyl (C=O) groups excluding carboxylic acids is 1. The highest BCUT2D eigenvalue weighted by molar-refractivity contribution is 5.76. The third-order valence-electron chi connectivity index (χ3n) is 7.35. The van der Waals surface area contributed by atoms with Crippen LogP contribution in [0.3, 0.4) is 0 Å². The van der Waals surface area contributed by atoms with Crippen molar-refractivity contribution in [2.45, 2.75) is 43.3 Å². The molecule has 0 aliphatic carbocycles. The van der Waals surface area contributed by atoms with Crippen LogP contribution in [0, 0.1) is 0 Å². The van der Waals surface area contributed by atoms with Crippen molar-refractivity contribution in [2.75, 3.05) is 44.2 Å². The third-order valence-corrected chi connectivity index (χ3v) is 7.35. The Hall–Kier alpha value is -2.54. The number of ether oxygens (including phenoxy) is 1. The number of aromatic amines is 1. The molecule has 1 unspecified atom stereocenters. The molecule has 2 bridgehead atoms. The number of morpholine rings is 1. The maximum atomic E-state index is 12.9. The van der Waals surface area contributed by atoms with E-state index in [4.69, 9.17) is 4.74 Å². The van der Waals surface area contributed by atoms with Gasteiger partial charge in [0.25, 0.3) is 0 Å². The number of H-pyrrole nitrogens is 1. The van der Waals surface area contributed by atoms with Gasteiger partial charge in [0.15, 0.2) is 0 Å². The third kappa shape index (κ3) is 3.25. The molecule has 2 aromatic rings. The van der Waals surface area contributed by atoms with Crippen LogP contribution < -0.4 is 4.90 Å². The van der Waals surface area contributed by atoms with E-state index in [-0.39, 0.29) is 6.03 Å². The fraction of sp³-hybridized carbons (Fsp3) is 0.565. The van der Waals surface area contributed by atoms with Gasteiger partial charge in [-0.3, -0.25) is 5.10 Å². The summed E-state index contributed by atoms with van der Waals surface area (Å²) in [5.41, 5.74) is 3.78. The molecule has 0 spiro atoms. The second kappa shape index (κ2) is 7.30. The predicted molar refractivity (Wildman–Crippen MR) is 114 cm³/mol. The van der Waals surface area contributed by atoms with Crippen molar-refractivity contribution in [3.63, 3.8) is 0 Å². The fourth-order valence-corrected chi connectivity index (χ4v) is 5.51. The Balaban J connectivity index is 1.03. The number of likely N-dealkylation sites (tertiary alicyclic amines) is 2. The summed E-state index contributed by atoms with van der Waals surface area (Å²) in [6.45, 7) is 5.29. The normalized spacial score (nSPS) is 28.8. The van der Waals surface area contributed by atoms with Gasteiger partial charge in [0.1, 0.15) is 0 Å². The zero-order valence-corrected chi connectivity index (χ0v) is 17.2. The lowest BCUT2D eigenvalue weighted by Gasteiger charge is -2.41. The zero-order valence-electron chi connectivity index (χ0n) is 17.2. The van der Waals surface area contributed by atoms with Crippen LogP contribution in [0.1, 0.15) is 42.4 Å². The molecule has 0 saturated carbocycles. The molecule has 6 rings (SSSR count). The van der Waals surface area contributed by atoms with Gasteiger partial charge in [-0.25, -0.2) is 4.79 Å². The van der Waals surface area contributed by atoms with Crippen molar-refractivity contribution in [2.24, 2.45) is 0 Å². The van der Waals surface area contributed by atoms with E-state index >= 15 is 0 Å². The number of hydrogen-bond acceptors (Lipinski definition) is 4. The molecule has 4 aliphatic rings. The monoisotopic (exact) mass is 407 g/mol. The maximum absolute atomic E-state index is 12.9. The lowest BCUT2D eigenvalue weighted by Crippen LogP contribution is -2.53. The molecule has 3 atom stereocenters. The molecule has 1 aromatic heterocycles. The number of hydrogen-bond donors (Lipinski definition) is 1. The summed E-state index contributed by atoms with van der Waals surface area (Å²) in [5, 5.41) is 7.09. The first-order chi connectivity index (χ1) is 14.7. The number of fused-ring (bicyclic) bond motifs is 2. The van der Waals surface area contributed by atoms with E-state index in [1.807, 2.05) is 15.9 Å². The quantitative estimate of drug-likeness (QED) is 0.850. The van der Waals surface area contributed by atoms with Gasteiger partial charge in [-0.05, 0) is 43.0 Å². The van der Waals surface area contributed by atoms with Crippen LogP contribution in [-0.2, 0) is 4.74 Å². The number of aromatic nitrogens is 2. The van der Waals surface area contributed by atoms with E-state index in [0.717, 1.165) is 51.4 Å². The largest absolute Gasteiger partial charge is 0.371 e. The number of carbonyl (C=O) groups is 1. The molecule has 158 valence electrons. The van der Waals surface area contributed by atoms with Crippen molar-refractivity contribution < 1.29 is 9.53 Å². The molecule has 7 nitrogen and oxygen atoms in total. The topological polar surface area (TPSA) is 64.7 Å². The second-order valence-electron chi connectivity index (χ2n) is 9.28. The summed E-state index contributed by atoms with van der Waals surface area (Å²) < 4.78 is 5.95. The van der Waals surface area contributed by atoms with Crippen LogP contribution in [0.4, 0.5) is 10.5 Å². The van der Waals surface area contributed by atoms with E-state index in [9.17, 15) is 4.79 Å². The summed E-state index contributed by atoms with van der Waals surface area (Å²) >= 11 is 0. The van der Waals surface area contributed by atoms with Gasteiger partial charge in [0.2, 0.25) is 0 Å². The number of benzene rings is 1. The lowest BCUT2D eigenvalue weighted by atomic mass is 9.91. The smallest absolute Gasteiger partial charge is 0.320 e. The van der Waals surface area contributed by atoms with Crippen LogP contribution in [0.15, 0.2) is 36.5 Å². The first kappa shape index (κ1) is 18.2. The molecule has 2 amide bonds. The van der Waals surface area contributed by atoms with Gasteiger partial charge >= 0.3 is 6.03 Å². The van der Waals surface area contributed by atoms with Gasteiger partial charge in [0, 0.05) is 68.7 Å².